The van der Waals surface area contributed by atoms with Crippen molar-refractivity contribution in [2.45, 2.75) is 39.5 Å². The Bertz CT molecular complexity index is 122. The van der Waals surface area contributed by atoms with Gasteiger partial charge in [0, 0.05) is 0 Å². The third-order valence-electron chi connectivity index (χ3n) is 4.04. The predicted molar refractivity (Wildman–Crippen MR) is 43.8 cm³/mol. The van der Waals surface area contributed by atoms with E-state index in [1.54, 1.807) is 6.42 Å². The molecule has 0 nitrogen and oxygen atoms in total. The molecule has 0 saturated heterocycles. The summed E-state index contributed by atoms with van der Waals surface area (Å²) < 4.78 is 0. The topological polar surface area (TPSA) is 0 Å². The lowest BCUT2D eigenvalue weighted by Crippen LogP contribution is -2.38. The molecule has 2 rings (SSSR count). The molecule has 2 saturated carbocycles. The van der Waals surface area contributed by atoms with E-state index >= 15 is 0 Å². The van der Waals surface area contributed by atoms with Gasteiger partial charge in [0.2, 0.25) is 0 Å². The normalized spacial score (nSPS) is 53.4. The second-order valence-electron chi connectivity index (χ2n) is 4.42. The first kappa shape index (κ1) is 6.69. The van der Waals surface area contributed by atoms with Crippen LogP contribution in [0.2, 0.25) is 0 Å². The van der Waals surface area contributed by atoms with Gasteiger partial charge in [-0.15, -0.1) is 0 Å². The Morgan fingerprint density at radius 1 is 0.900 bits per heavy atom. The zero-order valence-corrected chi connectivity index (χ0v) is 7.14. The Labute approximate surface area is 64.0 Å². The van der Waals surface area contributed by atoms with E-state index in [0.29, 0.717) is 0 Å². The van der Waals surface area contributed by atoms with Gasteiger partial charge < -0.3 is 0 Å². The fourth-order valence-corrected chi connectivity index (χ4v) is 2.81. The van der Waals surface area contributed by atoms with Gasteiger partial charge in [0.25, 0.3) is 0 Å². The molecule has 0 aliphatic heterocycles. The molecule has 2 aliphatic carbocycles. The molecule has 0 aromatic carbocycles. The zero-order chi connectivity index (χ0) is 7.14. The molecule has 2 aliphatic rings. The van der Waals surface area contributed by atoms with Crippen molar-refractivity contribution in [1.82, 2.24) is 0 Å². The second kappa shape index (κ2) is 2.25. The first-order valence-corrected chi connectivity index (χ1v) is 4.79. The number of hydrogen-bond acceptors (Lipinski definition) is 0. The molecule has 10 heavy (non-hydrogen) atoms. The second-order valence-corrected chi connectivity index (χ2v) is 4.42. The zero-order valence-electron chi connectivity index (χ0n) is 7.14. The van der Waals surface area contributed by atoms with Crippen LogP contribution in [0, 0.1) is 23.7 Å². The summed E-state index contributed by atoms with van der Waals surface area (Å²) in [4.78, 5) is 0. The summed E-state index contributed by atoms with van der Waals surface area (Å²) in [5, 5.41) is 0. The van der Waals surface area contributed by atoms with Crippen LogP contribution in [0.4, 0.5) is 0 Å². The van der Waals surface area contributed by atoms with Crippen LogP contribution in [0.25, 0.3) is 0 Å². The van der Waals surface area contributed by atoms with Crippen LogP contribution in [0.5, 0.6) is 0 Å². The average molecular weight is 138 g/mol. The first-order chi connectivity index (χ1) is 4.79. The summed E-state index contributed by atoms with van der Waals surface area (Å²) in [6.45, 7) is 4.89. The van der Waals surface area contributed by atoms with Gasteiger partial charge in [-0.1, -0.05) is 20.3 Å². The summed E-state index contributed by atoms with van der Waals surface area (Å²) in [6, 6.07) is 0. The molecule has 58 valence electrons. The van der Waals surface area contributed by atoms with Gasteiger partial charge in [0.05, 0.1) is 0 Å². The number of hydrogen-bond donors (Lipinski definition) is 0. The third-order valence-corrected chi connectivity index (χ3v) is 4.04. The Kier molecular flexibility index (Phi) is 1.51. The van der Waals surface area contributed by atoms with Crippen LogP contribution in [-0.4, -0.2) is 0 Å². The molecule has 0 aromatic rings. The molecule has 2 unspecified atom stereocenters. The van der Waals surface area contributed by atoms with Crippen LogP contribution in [0.1, 0.15) is 39.5 Å². The molecule has 0 amide bonds. The van der Waals surface area contributed by atoms with Crippen molar-refractivity contribution in [2.24, 2.45) is 23.7 Å². The highest BCUT2D eigenvalue weighted by atomic mass is 14.4. The standard InChI is InChI=1S/C10H18/c1-7-3-4-9-5-6-10(9)8(7)2/h7-10H,3-6H2,1-2H3/t7?,8-,9+,10?/m0/s1. The quantitative estimate of drug-likeness (QED) is 0.482. The minimum Gasteiger partial charge on any atom is -0.0622 e. The van der Waals surface area contributed by atoms with Gasteiger partial charge in [-0.2, -0.15) is 0 Å². The predicted octanol–water partition coefficient (Wildman–Crippen LogP) is 3.08. The van der Waals surface area contributed by atoms with Crippen molar-refractivity contribution in [3.63, 3.8) is 0 Å². The smallest absolute Gasteiger partial charge is 0.0357 e. The largest absolute Gasteiger partial charge is 0.0622 e. The van der Waals surface area contributed by atoms with Crippen molar-refractivity contribution >= 4 is 0 Å². The van der Waals surface area contributed by atoms with Gasteiger partial charge in [-0.25, -0.2) is 0 Å². The lowest BCUT2D eigenvalue weighted by Gasteiger charge is -2.47. The van der Waals surface area contributed by atoms with E-state index in [4.69, 9.17) is 0 Å². The van der Waals surface area contributed by atoms with E-state index in [1.165, 1.54) is 19.3 Å². The van der Waals surface area contributed by atoms with Crippen molar-refractivity contribution < 1.29 is 0 Å². The molecule has 0 heteroatoms. The van der Waals surface area contributed by atoms with Crippen molar-refractivity contribution in [2.75, 3.05) is 0 Å². The fraction of sp³-hybridized carbons (Fsp3) is 1.00. The maximum absolute atomic E-state index is 2.46. The van der Waals surface area contributed by atoms with Crippen LogP contribution in [-0.2, 0) is 0 Å². The summed E-state index contributed by atoms with van der Waals surface area (Å²) >= 11 is 0. The van der Waals surface area contributed by atoms with E-state index in [2.05, 4.69) is 13.8 Å². The lowest BCUT2D eigenvalue weighted by molar-refractivity contribution is 0.0269. The average Bonchev–Trinajstić information content (AvgIpc) is 1.82. The van der Waals surface area contributed by atoms with Crippen LogP contribution in [0.15, 0.2) is 0 Å². The van der Waals surface area contributed by atoms with Crippen molar-refractivity contribution in [1.29, 1.82) is 0 Å². The molecule has 2 fully saturated rings. The number of rotatable bonds is 0. The summed E-state index contributed by atoms with van der Waals surface area (Å²) in [6.07, 6.45) is 6.12. The van der Waals surface area contributed by atoms with Crippen LogP contribution >= 0.6 is 0 Å². The Morgan fingerprint density at radius 3 is 2.10 bits per heavy atom. The van der Waals surface area contributed by atoms with Gasteiger partial charge >= 0.3 is 0 Å². The Morgan fingerprint density at radius 2 is 1.60 bits per heavy atom. The molecule has 0 radical (unpaired) electrons. The van der Waals surface area contributed by atoms with Gasteiger partial charge in [0.15, 0.2) is 0 Å². The summed E-state index contributed by atoms with van der Waals surface area (Å²) in [5.74, 6) is 4.32. The summed E-state index contributed by atoms with van der Waals surface area (Å²) in [5.41, 5.74) is 0. The van der Waals surface area contributed by atoms with Crippen LogP contribution < -0.4 is 0 Å². The SMILES string of the molecule is CC1CC[C@@H]2CCC2[C@H]1C. The van der Waals surface area contributed by atoms with E-state index in [-0.39, 0.29) is 0 Å². The molecule has 0 spiro atoms. The van der Waals surface area contributed by atoms with Crippen molar-refractivity contribution in [3.8, 4) is 0 Å². The van der Waals surface area contributed by atoms with Gasteiger partial charge in [-0.05, 0) is 42.9 Å². The fourth-order valence-electron chi connectivity index (χ4n) is 2.81. The van der Waals surface area contributed by atoms with E-state index in [0.717, 1.165) is 23.7 Å². The molecular weight excluding hydrogens is 120 g/mol. The Hall–Kier alpha value is 0. The van der Waals surface area contributed by atoms with Gasteiger partial charge in [-0.3, -0.25) is 0 Å². The molecule has 0 heterocycles. The lowest BCUT2D eigenvalue weighted by atomic mass is 9.58. The van der Waals surface area contributed by atoms with Crippen molar-refractivity contribution in [3.05, 3.63) is 0 Å². The first-order valence-electron chi connectivity index (χ1n) is 4.79. The maximum Gasteiger partial charge on any atom is -0.0357 e. The third kappa shape index (κ3) is 0.810. The monoisotopic (exact) mass is 138 g/mol. The maximum atomic E-state index is 2.46. The minimum atomic E-state index is 1.02. The molecular formula is C10H18. The van der Waals surface area contributed by atoms with Crippen LogP contribution in [0.3, 0.4) is 0 Å². The highest BCUT2D eigenvalue weighted by molar-refractivity contribution is 4.90. The molecule has 4 atom stereocenters. The highest BCUT2D eigenvalue weighted by Crippen LogP contribution is 2.49. The van der Waals surface area contributed by atoms with E-state index in [1.807, 2.05) is 0 Å². The molecule has 0 bridgehead atoms. The van der Waals surface area contributed by atoms with Gasteiger partial charge in [0.1, 0.15) is 0 Å². The summed E-state index contributed by atoms with van der Waals surface area (Å²) in [7, 11) is 0. The van der Waals surface area contributed by atoms with E-state index in [9.17, 15) is 0 Å². The number of fused-ring (bicyclic) bond motifs is 1. The Balaban J connectivity index is 2.01. The molecule has 0 aromatic heterocycles. The molecule has 0 N–H and O–H groups in total. The minimum absolute atomic E-state index is 1.02. The highest BCUT2D eigenvalue weighted by Gasteiger charge is 2.40. The van der Waals surface area contributed by atoms with E-state index < -0.39 is 0 Å².